The molecule has 2 aromatic carbocycles. The van der Waals surface area contributed by atoms with E-state index < -0.39 is 17.5 Å². The Morgan fingerprint density at radius 3 is 2.83 bits per heavy atom. The summed E-state index contributed by atoms with van der Waals surface area (Å²) in [5, 5.41) is 18.8. The number of aromatic nitrogens is 2. The van der Waals surface area contributed by atoms with E-state index in [4.69, 9.17) is 13.6 Å². The lowest BCUT2D eigenvalue weighted by Gasteiger charge is -2.12. The van der Waals surface area contributed by atoms with E-state index in [2.05, 4.69) is 10.2 Å². The van der Waals surface area contributed by atoms with Crippen LogP contribution >= 0.6 is 11.8 Å². The van der Waals surface area contributed by atoms with Crippen LogP contribution in [0.25, 0.3) is 22.4 Å². The van der Waals surface area contributed by atoms with Gasteiger partial charge in [-0.2, -0.15) is 0 Å². The summed E-state index contributed by atoms with van der Waals surface area (Å²) < 4.78 is 29.5. The molecule has 0 saturated heterocycles. The monoisotopic (exact) mass is 414 g/mol. The molecule has 9 heteroatoms. The number of hydrogen-bond donors (Lipinski definition) is 1. The van der Waals surface area contributed by atoms with Gasteiger partial charge in [0.2, 0.25) is 5.89 Å². The van der Waals surface area contributed by atoms with Gasteiger partial charge in [0.1, 0.15) is 23.8 Å². The maximum Gasteiger partial charge on any atom is 0.339 e. The van der Waals surface area contributed by atoms with Crippen molar-refractivity contribution < 1.29 is 23.1 Å². The van der Waals surface area contributed by atoms with Crippen LogP contribution in [0.3, 0.4) is 0 Å². The molecule has 1 atom stereocenters. The summed E-state index contributed by atoms with van der Waals surface area (Å²) in [7, 11) is 0. The molecule has 2 aromatic heterocycles. The van der Waals surface area contributed by atoms with Crippen LogP contribution in [0.4, 0.5) is 4.39 Å². The quantitative estimate of drug-likeness (QED) is 0.362. The third-order valence-electron chi connectivity index (χ3n) is 3.92. The average Bonchev–Trinajstić information content (AvgIpc) is 3.19. The first-order chi connectivity index (χ1) is 14.1. The Kier molecular flexibility index (Phi) is 5.59. The van der Waals surface area contributed by atoms with Crippen molar-refractivity contribution >= 4 is 22.7 Å². The number of thioether (sulfide) groups is 1. The van der Waals surface area contributed by atoms with Gasteiger partial charge in [0, 0.05) is 11.3 Å². The summed E-state index contributed by atoms with van der Waals surface area (Å²) in [5.41, 5.74) is 0.357. The molecule has 29 heavy (non-hydrogen) atoms. The van der Waals surface area contributed by atoms with Crippen LogP contribution < -0.4 is 10.4 Å². The van der Waals surface area contributed by atoms with Gasteiger partial charge in [-0.05, 0) is 30.3 Å². The second-order valence-electron chi connectivity index (χ2n) is 6.09. The Balaban J connectivity index is 1.35. The number of benzene rings is 2. The minimum Gasteiger partial charge on any atom is -0.490 e. The Labute approximate surface area is 168 Å². The topological polar surface area (TPSA) is 98.6 Å². The van der Waals surface area contributed by atoms with Crippen molar-refractivity contribution in [2.75, 3.05) is 12.4 Å². The molecule has 2 heterocycles. The van der Waals surface area contributed by atoms with Crippen molar-refractivity contribution in [3.63, 3.8) is 0 Å². The number of halogens is 1. The predicted molar refractivity (Wildman–Crippen MR) is 104 cm³/mol. The summed E-state index contributed by atoms with van der Waals surface area (Å²) in [6, 6.07) is 14.1. The second-order valence-corrected chi connectivity index (χ2v) is 7.06. The maximum atomic E-state index is 13.3. The molecule has 1 unspecified atom stereocenters. The minimum atomic E-state index is -0.851. The fourth-order valence-corrected chi connectivity index (χ4v) is 3.28. The van der Waals surface area contributed by atoms with Gasteiger partial charge < -0.3 is 18.7 Å². The highest BCUT2D eigenvalue weighted by Gasteiger charge is 2.14. The van der Waals surface area contributed by atoms with Crippen LogP contribution in [-0.4, -0.2) is 33.8 Å². The average molecular weight is 414 g/mol. The van der Waals surface area contributed by atoms with Gasteiger partial charge in [-0.25, -0.2) is 9.18 Å². The highest BCUT2D eigenvalue weighted by molar-refractivity contribution is 7.99. The van der Waals surface area contributed by atoms with Gasteiger partial charge >= 0.3 is 5.63 Å². The van der Waals surface area contributed by atoms with Crippen molar-refractivity contribution in [2.24, 2.45) is 0 Å². The molecule has 0 aliphatic carbocycles. The Hall–Kier alpha value is -3.17. The zero-order valence-electron chi connectivity index (χ0n) is 14.9. The van der Waals surface area contributed by atoms with Gasteiger partial charge in [0.25, 0.3) is 5.22 Å². The minimum absolute atomic E-state index is 0.0364. The molecule has 1 N–H and O–H groups in total. The number of para-hydroxylation sites is 1. The highest BCUT2D eigenvalue weighted by atomic mass is 32.2. The summed E-state index contributed by atoms with van der Waals surface area (Å²) in [6.45, 7) is -0.0364. The molecule has 0 aliphatic heterocycles. The molecule has 0 fully saturated rings. The van der Waals surface area contributed by atoms with Gasteiger partial charge in [-0.1, -0.05) is 30.0 Å². The Morgan fingerprint density at radius 1 is 1.10 bits per heavy atom. The third-order valence-corrected chi connectivity index (χ3v) is 4.88. The van der Waals surface area contributed by atoms with Crippen molar-refractivity contribution in [1.29, 1.82) is 0 Å². The van der Waals surface area contributed by atoms with Crippen LogP contribution in [-0.2, 0) is 0 Å². The molecule has 0 aliphatic rings. The van der Waals surface area contributed by atoms with Crippen molar-refractivity contribution in [1.82, 2.24) is 10.2 Å². The SMILES string of the molecule is O=c1cc(OCC(O)CSc2nnc(-c3cccc(F)c3)o2)c2ccccc2o1. The standard InChI is InChI=1S/C20H15FN2O5S/c21-13-5-3-4-12(8-13)19-22-23-20(28-19)29-11-14(24)10-26-17-9-18(25)27-16-7-2-1-6-15(16)17/h1-9,14,24H,10-11H2. The first-order valence-corrected chi connectivity index (χ1v) is 9.63. The summed E-state index contributed by atoms with van der Waals surface area (Å²) >= 11 is 1.15. The second kappa shape index (κ2) is 8.46. The smallest absolute Gasteiger partial charge is 0.339 e. The molecule has 0 bridgehead atoms. The number of aliphatic hydroxyl groups excluding tert-OH is 1. The summed E-state index contributed by atoms with van der Waals surface area (Å²) in [4.78, 5) is 11.6. The zero-order valence-corrected chi connectivity index (χ0v) is 15.8. The number of aliphatic hydroxyl groups is 1. The number of nitrogens with zero attached hydrogens (tertiary/aromatic N) is 2. The fourth-order valence-electron chi connectivity index (χ4n) is 2.61. The molecule has 7 nitrogen and oxygen atoms in total. The molecule has 0 radical (unpaired) electrons. The van der Waals surface area contributed by atoms with Gasteiger partial charge in [0.05, 0.1) is 17.6 Å². The lowest BCUT2D eigenvalue weighted by molar-refractivity contribution is 0.127. The first-order valence-electron chi connectivity index (χ1n) is 8.64. The molecule has 0 spiro atoms. The Bertz CT molecular complexity index is 1190. The number of fused-ring (bicyclic) bond motifs is 1. The number of rotatable bonds is 7. The van der Waals surface area contributed by atoms with E-state index in [1.807, 2.05) is 0 Å². The van der Waals surface area contributed by atoms with E-state index >= 15 is 0 Å². The fraction of sp³-hybridized carbons (Fsp3) is 0.150. The van der Waals surface area contributed by atoms with Gasteiger partial charge in [-0.15, -0.1) is 10.2 Å². The van der Waals surface area contributed by atoms with E-state index in [1.54, 1.807) is 36.4 Å². The molecular formula is C20H15FN2O5S. The van der Waals surface area contributed by atoms with Crippen molar-refractivity contribution in [3.05, 3.63) is 70.8 Å². The van der Waals surface area contributed by atoms with E-state index in [0.717, 1.165) is 11.8 Å². The first kappa shape index (κ1) is 19.2. The predicted octanol–water partition coefficient (Wildman–Crippen LogP) is 3.51. The van der Waals surface area contributed by atoms with Crippen LogP contribution in [0.15, 0.2) is 73.4 Å². The lowest BCUT2D eigenvalue weighted by Crippen LogP contribution is -2.20. The van der Waals surface area contributed by atoms with E-state index in [-0.39, 0.29) is 23.5 Å². The van der Waals surface area contributed by atoms with E-state index in [1.165, 1.54) is 18.2 Å². The molecule has 148 valence electrons. The van der Waals surface area contributed by atoms with Gasteiger partial charge in [0.15, 0.2) is 0 Å². The molecule has 4 aromatic rings. The van der Waals surface area contributed by atoms with Crippen LogP contribution in [0.5, 0.6) is 5.75 Å². The highest BCUT2D eigenvalue weighted by Crippen LogP contribution is 2.25. The lowest BCUT2D eigenvalue weighted by atomic mass is 10.2. The largest absolute Gasteiger partial charge is 0.490 e. The molecule has 4 rings (SSSR count). The Morgan fingerprint density at radius 2 is 1.97 bits per heavy atom. The maximum absolute atomic E-state index is 13.3. The van der Waals surface area contributed by atoms with E-state index in [9.17, 15) is 14.3 Å². The van der Waals surface area contributed by atoms with Crippen LogP contribution in [0.2, 0.25) is 0 Å². The van der Waals surface area contributed by atoms with E-state index in [0.29, 0.717) is 22.3 Å². The molecule has 0 saturated carbocycles. The number of hydrogen-bond acceptors (Lipinski definition) is 8. The number of ether oxygens (including phenoxy) is 1. The van der Waals surface area contributed by atoms with Crippen LogP contribution in [0, 0.1) is 5.82 Å². The zero-order chi connectivity index (χ0) is 20.2. The van der Waals surface area contributed by atoms with Crippen LogP contribution in [0.1, 0.15) is 0 Å². The normalized spacial score (nSPS) is 12.2. The molecular weight excluding hydrogens is 399 g/mol. The van der Waals surface area contributed by atoms with Crippen molar-refractivity contribution in [3.8, 4) is 17.2 Å². The third kappa shape index (κ3) is 4.64. The molecule has 0 amide bonds. The summed E-state index contributed by atoms with van der Waals surface area (Å²) in [5.74, 6) is 0.363. The van der Waals surface area contributed by atoms with Gasteiger partial charge in [-0.3, -0.25) is 0 Å². The van der Waals surface area contributed by atoms with Crippen molar-refractivity contribution in [2.45, 2.75) is 11.3 Å². The summed E-state index contributed by atoms with van der Waals surface area (Å²) in [6.07, 6.45) is -0.851.